The molecule has 3 rings (SSSR count). The van der Waals surface area contributed by atoms with Crippen molar-refractivity contribution in [3.63, 3.8) is 0 Å². The van der Waals surface area contributed by atoms with Crippen molar-refractivity contribution in [2.75, 3.05) is 19.6 Å². The van der Waals surface area contributed by atoms with Gasteiger partial charge in [-0.1, -0.05) is 54.1 Å². The molecule has 6 nitrogen and oxygen atoms in total. The number of hydrogen-bond acceptors (Lipinski definition) is 3. The fourth-order valence-electron chi connectivity index (χ4n) is 4.06. The van der Waals surface area contributed by atoms with E-state index in [1.54, 1.807) is 18.2 Å². The van der Waals surface area contributed by atoms with Crippen LogP contribution in [0.1, 0.15) is 34.3 Å². The second-order valence-corrected chi connectivity index (χ2v) is 8.24. The highest BCUT2D eigenvalue weighted by atomic mass is 16.2. The van der Waals surface area contributed by atoms with E-state index in [0.717, 1.165) is 11.1 Å². The van der Waals surface area contributed by atoms with E-state index in [2.05, 4.69) is 17.2 Å². The van der Waals surface area contributed by atoms with Gasteiger partial charge in [0.2, 0.25) is 11.8 Å². The van der Waals surface area contributed by atoms with Gasteiger partial charge in [-0.2, -0.15) is 0 Å². The first-order chi connectivity index (χ1) is 15.5. The van der Waals surface area contributed by atoms with Gasteiger partial charge >= 0.3 is 0 Å². The Hall–Kier alpha value is -3.41. The van der Waals surface area contributed by atoms with Crippen molar-refractivity contribution in [3.05, 3.63) is 83.9 Å². The molecule has 6 heteroatoms. The Balaban J connectivity index is 1.64. The first-order valence-corrected chi connectivity index (χ1v) is 11.1. The number of amides is 3. The SMILES string of the molecule is C=CCNC(=O)C(NC(=O)c1cccc(C)c1)C1CCN(C(=O)Cc2ccccc2)CC1. The summed E-state index contributed by atoms with van der Waals surface area (Å²) in [5.41, 5.74) is 2.50. The van der Waals surface area contributed by atoms with Gasteiger partial charge in [0.05, 0.1) is 6.42 Å². The third kappa shape index (κ3) is 6.30. The molecule has 0 bridgehead atoms. The van der Waals surface area contributed by atoms with Crippen molar-refractivity contribution in [2.24, 2.45) is 5.92 Å². The van der Waals surface area contributed by atoms with Gasteiger partial charge < -0.3 is 15.5 Å². The standard InChI is InChI=1S/C26H31N3O3/c1-3-14-27-26(32)24(28-25(31)22-11-7-8-19(2)17-22)21-12-15-29(16-13-21)23(30)18-20-9-5-4-6-10-20/h3-11,17,21,24H,1,12-16,18H2,2H3,(H,27,32)(H,28,31). The van der Waals surface area contributed by atoms with E-state index in [1.165, 1.54) is 0 Å². The van der Waals surface area contributed by atoms with Crippen molar-refractivity contribution < 1.29 is 14.4 Å². The molecule has 0 saturated carbocycles. The fraction of sp³-hybridized carbons (Fsp3) is 0.346. The van der Waals surface area contributed by atoms with Gasteiger partial charge in [-0.05, 0) is 43.4 Å². The third-order valence-corrected chi connectivity index (χ3v) is 5.83. The van der Waals surface area contributed by atoms with Crippen LogP contribution in [0.4, 0.5) is 0 Å². The Labute approximate surface area is 189 Å². The monoisotopic (exact) mass is 433 g/mol. The maximum Gasteiger partial charge on any atom is 0.251 e. The minimum atomic E-state index is -0.658. The van der Waals surface area contributed by atoms with Crippen LogP contribution in [0.25, 0.3) is 0 Å². The van der Waals surface area contributed by atoms with Crippen molar-refractivity contribution in [3.8, 4) is 0 Å². The number of carbonyl (C=O) groups is 3. The van der Waals surface area contributed by atoms with E-state index >= 15 is 0 Å². The number of nitrogens with one attached hydrogen (secondary N) is 2. The molecule has 32 heavy (non-hydrogen) atoms. The third-order valence-electron chi connectivity index (χ3n) is 5.83. The summed E-state index contributed by atoms with van der Waals surface area (Å²) in [6.45, 7) is 7.04. The molecule has 1 aliphatic heterocycles. The normalized spacial score (nSPS) is 15.0. The van der Waals surface area contributed by atoms with Crippen LogP contribution in [0.15, 0.2) is 67.3 Å². The predicted molar refractivity (Wildman–Crippen MR) is 125 cm³/mol. The number of hydrogen-bond donors (Lipinski definition) is 2. The zero-order chi connectivity index (χ0) is 22.9. The molecule has 1 fully saturated rings. The average molecular weight is 434 g/mol. The lowest BCUT2D eigenvalue weighted by Crippen LogP contribution is -2.54. The molecule has 0 aromatic heterocycles. The minimum Gasteiger partial charge on any atom is -0.351 e. The Morgan fingerprint density at radius 2 is 1.81 bits per heavy atom. The molecule has 1 saturated heterocycles. The molecular formula is C26H31N3O3. The van der Waals surface area contributed by atoms with Gasteiger partial charge in [0, 0.05) is 25.2 Å². The number of nitrogens with zero attached hydrogens (tertiary/aromatic N) is 1. The zero-order valence-electron chi connectivity index (χ0n) is 18.5. The van der Waals surface area contributed by atoms with Gasteiger partial charge in [-0.25, -0.2) is 0 Å². The topological polar surface area (TPSA) is 78.5 Å². The van der Waals surface area contributed by atoms with E-state index < -0.39 is 6.04 Å². The first kappa shape index (κ1) is 23.3. The second-order valence-electron chi connectivity index (χ2n) is 8.24. The number of carbonyl (C=O) groups excluding carboxylic acids is 3. The van der Waals surface area contributed by atoms with Crippen LogP contribution in [-0.2, 0) is 16.0 Å². The number of likely N-dealkylation sites (tertiary alicyclic amines) is 1. The lowest BCUT2D eigenvalue weighted by atomic mass is 9.88. The maximum atomic E-state index is 12.8. The highest BCUT2D eigenvalue weighted by Crippen LogP contribution is 2.22. The van der Waals surface area contributed by atoms with Gasteiger partial charge in [-0.3, -0.25) is 14.4 Å². The van der Waals surface area contributed by atoms with Crippen molar-refractivity contribution in [2.45, 2.75) is 32.2 Å². The van der Waals surface area contributed by atoms with Crippen LogP contribution in [-0.4, -0.2) is 48.3 Å². The van der Waals surface area contributed by atoms with Gasteiger partial charge in [0.15, 0.2) is 0 Å². The van der Waals surface area contributed by atoms with E-state index in [0.29, 0.717) is 44.5 Å². The summed E-state index contributed by atoms with van der Waals surface area (Å²) in [6.07, 6.45) is 3.29. The average Bonchev–Trinajstić information content (AvgIpc) is 2.81. The van der Waals surface area contributed by atoms with Crippen molar-refractivity contribution in [1.29, 1.82) is 0 Å². The number of benzene rings is 2. The largest absolute Gasteiger partial charge is 0.351 e. The fourth-order valence-corrected chi connectivity index (χ4v) is 4.06. The molecule has 1 unspecified atom stereocenters. The lowest BCUT2D eigenvalue weighted by molar-refractivity contribution is -0.132. The second kappa shape index (κ2) is 11.3. The van der Waals surface area contributed by atoms with E-state index in [-0.39, 0.29) is 23.6 Å². The molecule has 168 valence electrons. The molecule has 1 heterocycles. The molecule has 3 amide bonds. The molecule has 2 N–H and O–H groups in total. The van der Waals surface area contributed by atoms with Gasteiger partial charge in [-0.15, -0.1) is 6.58 Å². The van der Waals surface area contributed by atoms with Gasteiger partial charge in [0.25, 0.3) is 5.91 Å². The molecular weight excluding hydrogens is 402 g/mol. The highest BCUT2D eigenvalue weighted by Gasteiger charge is 2.33. The summed E-state index contributed by atoms with van der Waals surface area (Å²) in [7, 11) is 0. The number of piperidine rings is 1. The Kier molecular flexibility index (Phi) is 8.20. The number of rotatable bonds is 8. The van der Waals surface area contributed by atoms with Crippen LogP contribution in [0.3, 0.4) is 0 Å². The quantitative estimate of drug-likeness (QED) is 0.629. The van der Waals surface area contributed by atoms with Gasteiger partial charge in [0.1, 0.15) is 6.04 Å². The predicted octanol–water partition coefficient (Wildman–Crippen LogP) is 2.88. The summed E-state index contributed by atoms with van der Waals surface area (Å²) >= 11 is 0. The number of aryl methyl sites for hydroxylation is 1. The molecule has 1 atom stereocenters. The van der Waals surface area contributed by atoms with Crippen molar-refractivity contribution >= 4 is 17.7 Å². The summed E-state index contributed by atoms with van der Waals surface area (Å²) in [5, 5.41) is 5.75. The van der Waals surface area contributed by atoms with Crippen LogP contribution >= 0.6 is 0 Å². The molecule has 0 spiro atoms. The Morgan fingerprint density at radius 1 is 1.09 bits per heavy atom. The Bertz CT molecular complexity index is 950. The molecule has 1 aliphatic rings. The highest BCUT2D eigenvalue weighted by molar-refractivity contribution is 5.97. The molecule has 0 radical (unpaired) electrons. The van der Waals surface area contributed by atoms with Crippen LogP contribution in [0, 0.1) is 12.8 Å². The van der Waals surface area contributed by atoms with E-state index in [1.807, 2.05) is 54.3 Å². The smallest absolute Gasteiger partial charge is 0.251 e. The summed E-state index contributed by atoms with van der Waals surface area (Å²) < 4.78 is 0. The van der Waals surface area contributed by atoms with Crippen molar-refractivity contribution in [1.82, 2.24) is 15.5 Å². The summed E-state index contributed by atoms with van der Waals surface area (Å²) in [6, 6.07) is 16.3. The van der Waals surface area contributed by atoms with E-state index in [9.17, 15) is 14.4 Å². The first-order valence-electron chi connectivity index (χ1n) is 11.1. The summed E-state index contributed by atoms with van der Waals surface area (Å²) in [5.74, 6) is -0.449. The molecule has 2 aromatic rings. The molecule has 0 aliphatic carbocycles. The van der Waals surface area contributed by atoms with E-state index in [4.69, 9.17) is 0 Å². The Morgan fingerprint density at radius 3 is 2.47 bits per heavy atom. The zero-order valence-corrected chi connectivity index (χ0v) is 18.5. The summed E-state index contributed by atoms with van der Waals surface area (Å²) in [4.78, 5) is 40.2. The molecule has 2 aromatic carbocycles. The lowest BCUT2D eigenvalue weighted by Gasteiger charge is -2.36. The van der Waals surface area contributed by atoms with Crippen LogP contribution < -0.4 is 10.6 Å². The minimum absolute atomic E-state index is 0.0469. The maximum absolute atomic E-state index is 12.8. The van der Waals surface area contributed by atoms with Crippen LogP contribution in [0.2, 0.25) is 0 Å². The van der Waals surface area contributed by atoms with Crippen LogP contribution in [0.5, 0.6) is 0 Å².